The van der Waals surface area contributed by atoms with E-state index >= 15 is 0 Å². The van der Waals surface area contributed by atoms with Crippen LogP contribution < -0.4 is 5.84 Å². The number of allylic oxidation sites excluding steroid dienone is 1. The van der Waals surface area contributed by atoms with E-state index in [1.165, 1.54) is 5.01 Å². The molecule has 0 aromatic heterocycles. The Morgan fingerprint density at radius 2 is 2.27 bits per heavy atom. The molecule has 0 aromatic rings. The third-order valence-electron chi connectivity index (χ3n) is 2.62. The highest BCUT2D eigenvalue weighted by molar-refractivity contribution is 7.97. The molecule has 0 bridgehead atoms. The van der Waals surface area contributed by atoms with Crippen molar-refractivity contribution >= 4 is 34.5 Å². The monoisotopic (exact) mass is 245 g/mol. The highest BCUT2D eigenvalue weighted by Crippen LogP contribution is 2.41. The first-order valence-corrected chi connectivity index (χ1v) is 5.60. The normalized spacial score (nSPS) is 26.8. The summed E-state index contributed by atoms with van der Waals surface area (Å²) in [5, 5.41) is 1.38. The van der Waals surface area contributed by atoms with Crippen LogP contribution >= 0.6 is 24.2 Å². The molecule has 1 aliphatic heterocycles. The lowest BCUT2D eigenvalue weighted by molar-refractivity contribution is -0.107. The van der Waals surface area contributed by atoms with Crippen LogP contribution in [0.2, 0.25) is 0 Å². The van der Waals surface area contributed by atoms with E-state index in [0.29, 0.717) is 11.5 Å². The fourth-order valence-electron chi connectivity index (χ4n) is 1.70. The van der Waals surface area contributed by atoms with Crippen LogP contribution in [0.4, 0.5) is 0 Å². The van der Waals surface area contributed by atoms with Crippen molar-refractivity contribution in [3.05, 3.63) is 11.3 Å². The molecule has 0 saturated heterocycles. The van der Waals surface area contributed by atoms with Gasteiger partial charge in [0.25, 0.3) is 0 Å². The van der Waals surface area contributed by atoms with Gasteiger partial charge in [-0.2, -0.15) is 0 Å². The van der Waals surface area contributed by atoms with Crippen molar-refractivity contribution in [1.29, 1.82) is 0 Å². The van der Waals surface area contributed by atoms with Crippen molar-refractivity contribution in [2.24, 2.45) is 16.8 Å². The van der Waals surface area contributed by atoms with Gasteiger partial charge in [-0.05, 0) is 19.8 Å². The summed E-state index contributed by atoms with van der Waals surface area (Å²) in [6, 6.07) is 0. The molecule has 2 aliphatic rings. The molecular weight excluding hydrogens is 234 g/mol. The minimum Gasteiger partial charge on any atom is -0.290 e. The molecule has 2 N–H and O–H groups in total. The molecular formula is C9H12ClN3OS. The number of nitrogens with two attached hydrogens (primary N) is 1. The fourth-order valence-corrected chi connectivity index (χ4v) is 2.31. The molecule has 0 spiro atoms. The Hall–Kier alpha value is -0.520. The van der Waals surface area contributed by atoms with Gasteiger partial charge in [0.1, 0.15) is 11.3 Å². The lowest BCUT2D eigenvalue weighted by Crippen LogP contribution is -2.43. The molecule has 1 saturated carbocycles. The van der Waals surface area contributed by atoms with E-state index in [2.05, 4.69) is 17.6 Å². The second-order valence-electron chi connectivity index (χ2n) is 3.80. The Bertz CT molecular complexity index is 376. The van der Waals surface area contributed by atoms with Crippen molar-refractivity contribution in [3.8, 4) is 0 Å². The maximum atomic E-state index is 11.4. The van der Waals surface area contributed by atoms with Gasteiger partial charge < -0.3 is 0 Å². The van der Waals surface area contributed by atoms with Gasteiger partial charge in [0.2, 0.25) is 5.12 Å². The van der Waals surface area contributed by atoms with E-state index in [1.807, 2.05) is 6.92 Å². The third kappa shape index (κ3) is 1.91. The molecule has 0 radical (unpaired) electrons. The molecule has 6 heteroatoms. The number of thiol groups is 1. The Kier molecular flexibility index (Phi) is 2.79. The van der Waals surface area contributed by atoms with Gasteiger partial charge in [-0.15, -0.1) is 12.6 Å². The summed E-state index contributed by atoms with van der Waals surface area (Å²) in [7, 11) is 0. The van der Waals surface area contributed by atoms with Crippen molar-refractivity contribution in [1.82, 2.24) is 5.01 Å². The minimum atomic E-state index is -0.368. The zero-order chi connectivity index (χ0) is 11.2. The van der Waals surface area contributed by atoms with Crippen molar-refractivity contribution in [2.45, 2.75) is 25.9 Å². The average Bonchev–Trinajstić information content (AvgIpc) is 2.93. The summed E-state index contributed by atoms with van der Waals surface area (Å²) in [6.45, 7) is 1.84. The number of carbonyl (C=O) groups is 1. The standard InChI is InChI=1S/C9H12ClN3OS/c1-4-12-8(10)6(9(14)15)7(13(4)11)5-2-3-5/h4-5H,2-3,11H2,1H3,(H,14,15). The first kappa shape index (κ1) is 11.0. The number of hydrogen-bond acceptors (Lipinski definition) is 4. The van der Waals surface area contributed by atoms with Gasteiger partial charge in [0, 0.05) is 11.6 Å². The van der Waals surface area contributed by atoms with Crippen molar-refractivity contribution in [2.75, 3.05) is 0 Å². The largest absolute Gasteiger partial charge is 0.290 e. The minimum absolute atomic E-state index is 0.218. The van der Waals surface area contributed by atoms with E-state index in [0.717, 1.165) is 18.5 Å². The lowest BCUT2D eigenvalue weighted by atomic mass is 10.1. The van der Waals surface area contributed by atoms with Crippen LogP contribution in [-0.4, -0.2) is 21.5 Å². The molecule has 0 aromatic carbocycles. The molecule has 1 aliphatic carbocycles. The Morgan fingerprint density at radius 1 is 1.67 bits per heavy atom. The zero-order valence-corrected chi connectivity index (χ0v) is 9.92. The van der Waals surface area contributed by atoms with Gasteiger partial charge in [-0.1, -0.05) is 11.6 Å². The van der Waals surface area contributed by atoms with Crippen LogP contribution in [0.25, 0.3) is 0 Å². The molecule has 2 rings (SSSR count). The fraction of sp³-hybridized carbons (Fsp3) is 0.556. The second kappa shape index (κ2) is 3.81. The average molecular weight is 246 g/mol. The van der Waals surface area contributed by atoms with Gasteiger partial charge in [-0.3, -0.25) is 9.80 Å². The summed E-state index contributed by atoms with van der Waals surface area (Å²) in [5.74, 6) is 6.22. The zero-order valence-electron chi connectivity index (χ0n) is 8.27. The molecule has 1 heterocycles. The summed E-state index contributed by atoms with van der Waals surface area (Å²) < 4.78 is 0. The van der Waals surface area contributed by atoms with Crippen LogP contribution in [0.3, 0.4) is 0 Å². The van der Waals surface area contributed by atoms with E-state index in [4.69, 9.17) is 17.4 Å². The van der Waals surface area contributed by atoms with Crippen LogP contribution in [-0.2, 0) is 4.79 Å². The van der Waals surface area contributed by atoms with Gasteiger partial charge in [-0.25, -0.2) is 10.8 Å². The predicted octanol–water partition coefficient (Wildman–Crippen LogP) is 1.28. The molecule has 4 nitrogen and oxygen atoms in total. The van der Waals surface area contributed by atoms with Gasteiger partial charge in [0.15, 0.2) is 0 Å². The van der Waals surface area contributed by atoms with Gasteiger partial charge in [0.05, 0.1) is 5.57 Å². The summed E-state index contributed by atoms with van der Waals surface area (Å²) in [6.07, 6.45) is 1.87. The number of carbonyl (C=O) groups excluding carboxylic acids is 1. The number of aliphatic imine (C=N–C) groups is 1. The van der Waals surface area contributed by atoms with Crippen LogP contribution in [0.1, 0.15) is 19.8 Å². The maximum Gasteiger partial charge on any atom is 0.221 e. The molecule has 1 fully saturated rings. The molecule has 82 valence electrons. The number of hydrogen-bond donors (Lipinski definition) is 2. The number of hydrazine groups is 1. The summed E-state index contributed by atoms with van der Waals surface area (Å²) >= 11 is 9.75. The smallest absolute Gasteiger partial charge is 0.221 e. The summed E-state index contributed by atoms with van der Waals surface area (Å²) in [5.41, 5.74) is 1.16. The molecule has 15 heavy (non-hydrogen) atoms. The molecule has 0 amide bonds. The first-order chi connectivity index (χ1) is 7.02. The Balaban J connectivity index is 2.48. The lowest BCUT2D eigenvalue weighted by Gasteiger charge is -2.31. The van der Waals surface area contributed by atoms with Crippen molar-refractivity contribution in [3.63, 3.8) is 0 Å². The molecule has 1 unspecified atom stereocenters. The van der Waals surface area contributed by atoms with Gasteiger partial charge >= 0.3 is 0 Å². The van der Waals surface area contributed by atoms with E-state index in [1.54, 1.807) is 0 Å². The third-order valence-corrected chi connectivity index (χ3v) is 3.13. The van der Waals surface area contributed by atoms with E-state index < -0.39 is 0 Å². The SMILES string of the molecule is CC1N=C(Cl)C(C(=O)S)=C(C2CC2)N1N. The second-order valence-corrected chi connectivity index (χ2v) is 4.56. The Morgan fingerprint density at radius 3 is 2.73 bits per heavy atom. The summed E-state index contributed by atoms with van der Waals surface area (Å²) in [4.78, 5) is 15.4. The predicted molar refractivity (Wildman–Crippen MR) is 62.5 cm³/mol. The topological polar surface area (TPSA) is 58.7 Å². The highest BCUT2D eigenvalue weighted by atomic mass is 35.5. The van der Waals surface area contributed by atoms with E-state index in [-0.39, 0.29) is 16.5 Å². The van der Waals surface area contributed by atoms with Crippen molar-refractivity contribution < 1.29 is 4.79 Å². The highest BCUT2D eigenvalue weighted by Gasteiger charge is 2.38. The van der Waals surface area contributed by atoms with Crippen LogP contribution in [0, 0.1) is 5.92 Å². The van der Waals surface area contributed by atoms with Crippen LogP contribution in [0.5, 0.6) is 0 Å². The number of nitrogens with zero attached hydrogens (tertiary/aromatic N) is 2. The number of rotatable bonds is 2. The van der Waals surface area contributed by atoms with E-state index in [9.17, 15) is 4.79 Å². The quantitative estimate of drug-likeness (QED) is 0.569. The van der Waals surface area contributed by atoms with Crippen LogP contribution in [0.15, 0.2) is 16.3 Å². The Labute approximate surface area is 98.5 Å². The number of halogens is 1. The first-order valence-electron chi connectivity index (χ1n) is 4.77. The maximum absolute atomic E-state index is 11.4. The molecule has 1 atom stereocenters.